The van der Waals surface area contributed by atoms with Gasteiger partial charge in [-0.15, -0.1) is 0 Å². The van der Waals surface area contributed by atoms with Crippen molar-refractivity contribution in [3.05, 3.63) is 45.6 Å². The molecule has 0 saturated carbocycles. The van der Waals surface area contributed by atoms with Crippen molar-refractivity contribution in [3.8, 4) is 0 Å². The fourth-order valence-corrected chi connectivity index (χ4v) is 2.58. The van der Waals surface area contributed by atoms with E-state index in [1.165, 1.54) is 0 Å². The Morgan fingerprint density at radius 3 is 2.71 bits per heavy atom. The number of allylic oxidation sites excluding steroid dienone is 2. The summed E-state index contributed by atoms with van der Waals surface area (Å²) in [4.78, 5) is 11.9. The summed E-state index contributed by atoms with van der Waals surface area (Å²) in [5.74, 6) is 0.604. The number of carbonyl (C=O) groups excluding carboxylic acids is 1. The lowest BCUT2D eigenvalue weighted by atomic mass is 9.86. The van der Waals surface area contributed by atoms with Crippen LogP contribution >= 0.6 is 15.9 Å². The van der Waals surface area contributed by atoms with Crippen molar-refractivity contribution in [2.75, 3.05) is 0 Å². The van der Waals surface area contributed by atoms with Crippen LogP contribution < -0.4 is 0 Å². The number of ketones is 1. The third kappa shape index (κ3) is 2.78. The van der Waals surface area contributed by atoms with Crippen LogP contribution in [0.5, 0.6) is 0 Å². The molecule has 1 N–H and O–H groups in total. The minimum Gasteiger partial charge on any atom is -0.512 e. The van der Waals surface area contributed by atoms with Gasteiger partial charge < -0.3 is 5.11 Å². The van der Waals surface area contributed by atoms with E-state index in [1.807, 2.05) is 31.2 Å². The van der Waals surface area contributed by atoms with Gasteiger partial charge in [-0.1, -0.05) is 41.1 Å². The predicted molar refractivity (Wildman–Crippen MR) is 70.9 cm³/mol. The van der Waals surface area contributed by atoms with E-state index >= 15 is 0 Å². The van der Waals surface area contributed by atoms with Gasteiger partial charge in [0, 0.05) is 29.3 Å². The largest absolute Gasteiger partial charge is 0.512 e. The Balaban J connectivity index is 2.27. The number of rotatable bonds is 2. The monoisotopic (exact) mass is 294 g/mol. The molecule has 1 aliphatic carbocycles. The van der Waals surface area contributed by atoms with E-state index in [1.54, 1.807) is 0 Å². The second-order valence-electron chi connectivity index (χ2n) is 4.63. The molecule has 0 radical (unpaired) electrons. The van der Waals surface area contributed by atoms with Crippen LogP contribution in [0.15, 0.2) is 40.1 Å². The predicted octanol–water partition coefficient (Wildman–Crippen LogP) is 3.80. The fourth-order valence-electron chi connectivity index (χ4n) is 2.16. The molecule has 1 unspecified atom stereocenters. The Hall–Kier alpha value is -1.09. The maximum atomic E-state index is 11.9. The summed E-state index contributed by atoms with van der Waals surface area (Å²) >= 11 is 3.46. The number of hydrogen-bond donors (Lipinski definition) is 1. The van der Waals surface area contributed by atoms with Gasteiger partial charge in [-0.3, -0.25) is 4.79 Å². The van der Waals surface area contributed by atoms with Crippen molar-refractivity contribution in [2.45, 2.75) is 26.2 Å². The van der Waals surface area contributed by atoms with Gasteiger partial charge in [-0.2, -0.15) is 0 Å². The zero-order valence-electron chi connectivity index (χ0n) is 9.74. The lowest BCUT2D eigenvalue weighted by Crippen LogP contribution is -2.19. The van der Waals surface area contributed by atoms with Crippen LogP contribution in [0.4, 0.5) is 0 Å². The van der Waals surface area contributed by atoms with Crippen molar-refractivity contribution in [2.24, 2.45) is 5.92 Å². The van der Waals surface area contributed by atoms with Gasteiger partial charge in [0.2, 0.25) is 0 Å². The molecule has 0 spiro atoms. The highest BCUT2D eigenvalue weighted by atomic mass is 79.9. The number of aliphatic hydroxyl groups is 1. The normalized spacial score (nSPS) is 20.8. The van der Waals surface area contributed by atoms with Crippen LogP contribution in [0.2, 0.25) is 0 Å². The van der Waals surface area contributed by atoms with Crippen molar-refractivity contribution in [1.82, 2.24) is 0 Å². The Morgan fingerprint density at radius 2 is 2.06 bits per heavy atom. The van der Waals surface area contributed by atoms with Crippen molar-refractivity contribution >= 4 is 21.7 Å². The molecule has 2 rings (SSSR count). The Bertz CT molecular complexity index is 477. The molecule has 17 heavy (non-hydrogen) atoms. The Labute approximate surface area is 109 Å². The van der Waals surface area contributed by atoms with E-state index in [0.717, 1.165) is 10.0 Å². The molecule has 1 aliphatic rings. The van der Waals surface area contributed by atoms with Crippen LogP contribution in [0, 0.1) is 5.92 Å². The SMILES string of the molecule is CC1CC(=O)C(Cc2ccccc2Br)=C(O)C1. The van der Waals surface area contributed by atoms with E-state index in [2.05, 4.69) is 15.9 Å². The minimum absolute atomic E-state index is 0.0806. The van der Waals surface area contributed by atoms with Crippen LogP contribution in [0.25, 0.3) is 0 Å². The first-order valence-corrected chi connectivity index (χ1v) is 6.55. The van der Waals surface area contributed by atoms with Gasteiger partial charge in [0.25, 0.3) is 0 Å². The Morgan fingerprint density at radius 1 is 1.35 bits per heavy atom. The number of halogens is 1. The molecular formula is C14H15BrO2. The van der Waals surface area contributed by atoms with Gasteiger partial charge in [-0.05, 0) is 17.5 Å². The van der Waals surface area contributed by atoms with E-state index in [-0.39, 0.29) is 17.5 Å². The zero-order valence-corrected chi connectivity index (χ0v) is 11.3. The smallest absolute Gasteiger partial charge is 0.162 e. The average Bonchev–Trinajstić information content (AvgIpc) is 2.25. The second kappa shape index (κ2) is 5.05. The summed E-state index contributed by atoms with van der Waals surface area (Å²) in [5.41, 5.74) is 1.62. The maximum absolute atomic E-state index is 11.9. The number of hydrogen-bond acceptors (Lipinski definition) is 2. The van der Waals surface area contributed by atoms with Gasteiger partial charge in [-0.25, -0.2) is 0 Å². The molecule has 0 heterocycles. The molecule has 0 aliphatic heterocycles. The van der Waals surface area contributed by atoms with Crippen molar-refractivity contribution < 1.29 is 9.90 Å². The van der Waals surface area contributed by atoms with Crippen molar-refractivity contribution in [1.29, 1.82) is 0 Å². The number of carbonyl (C=O) groups is 1. The van der Waals surface area contributed by atoms with Gasteiger partial charge in [0.05, 0.1) is 5.76 Å². The lowest BCUT2D eigenvalue weighted by Gasteiger charge is -2.20. The number of aliphatic hydroxyl groups excluding tert-OH is 1. The molecule has 2 nitrogen and oxygen atoms in total. The zero-order chi connectivity index (χ0) is 12.4. The summed E-state index contributed by atoms with van der Waals surface area (Å²) in [6, 6.07) is 7.79. The molecule has 1 atom stereocenters. The van der Waals surface area contributed by atoms with Crippen LogP contribution in [0.3, 0.4) is 0 Å². The first-order chi connectivity index (χ1) is 8.08. The first kappa shape index (κ1) is 12.4. The second-order valence-corrected chi connectivity index (χ2v) is 5.48. The molecule has 0 amide bonds. The third-order valence-electron chi connectivity index (χ3n) is 3.09. The highest BCUT2D eigenvalue weighted by Gasteiger charge is 2.25. The van der Waals surface area contributed by atoms with Crippen LogP contribution in [-0.2, 0) is 11.2 Å². The third-order valence-corrected chi connectivity index (χ3v) is 3.86. The van der Waals surface area contributed by atoms with E-state index in [0.29, 0.717) is 24.8 Å². The molecule has 0 aromatic heterocycles. The van der Waals surface area contributed by atoms with E-state index in [9.17, 15) is 9.90 Å². The van der Waals surface area contributed by atoms with Crippen LogP contribution in [0.1, 0.15) is 25.3 Å². The number of benzene rings is 1. The highest BCUT2D eigenvalue weighted by Crippen LogP contribution is 2.29. The van der Waals surface area contributed by atoms with Crippen LogP contribution in [-0.4, -0.2) is 10.9 Å². The maximum Gasteiger partial charge on any atom is 0.162 e. The van der Waals surface area contributed by atoms with Gasteiger partial charge in [0.15, 0.2) is 5.78 Å². The average molecular weight is 295 g/mol. The Kier molecular flexibility index (Phi) is 3.67. The molecule has 90 valence electrons. The molecule has 3 heteroatoms. The molecule has 1 aromatic rings. The van der Waals surface area contributed by atoms with E-state index < -0.39 is 0 Å². The topological polar surface area (TPSA) is 37.3 Å². The minimum atomic E-state index is 0.0806. The summed E-state index contributed by atoms with van der Waals surface area (Å²) in [6.45, 7) is 1.99. The molecule has 0 bridgehead atoms. The summed E-state index contributed by atoms with van der Waals surface area (Å²) in [5, 5.41) is 9.91. The highest BCUT2D eigenvalue weighted by molar-refractivity contribution is 9.10. The quantitative estimate of drug-likeness (QED) is 0.901. The summed E-state index contributed by atoms with van der Waals surface area (Å²) in [7, 11) is 0. The van der Waals surface area contributed by atoms with Gasteiger partial charge in [0.1, 0.15) is 0 Å². The van der Waals surface area contributed by atoms with E-state index in [4.69, 9.17) is 0 Å². The molecule has 1 aromatic carbocycles. The fraction of sp³-hybridized carbons (Fsp3) is 0.357. The standard InChI is InChI=1S/C14H15BrO2/c1-9-6-13(16)11(14(17)7-9)8-10-4-2-3-5-12(10)15/h2-5,9,16H,6-8H2,1H3. The molecule has 0 saturated heterocycles. The summed E-state index contributed by atoms with van der Waals surface area (Å²) in [6.07, 6.45) is 1.67. The number of Topliss-reactive ketones (excluding diaryl/α,β-unsaturated/α-hetero) is 1. The molecular weight excluding hydrogens is 280 g/mol. The molecule has 0 fully saturated rings. The lowest BCUT2D eigenvalue weighted by molar-refractivity contribution is -0.117. The summed E-state index contributed by atoms with van der Waals surface area (Å²) < 4.78 is 0.978. The van der Waals surface area contributed by atoms with Crippen molar-refractivity contribution in [3.63, 3.8) is 0 Å². The first-order valence-electron chi connectivity index (χ1n) is 5.75. The van der Waals surface area contributed by atoms with Gasteiger partial charge >= 0.3 is 0 Å².